The fraction of sp³-hybridized carbons (Fsp3) is 0.471. The molecule has 0 radical (unpaired) electrons. The molecule has 1 N–H and O–H groups in total. The Morgan fingerprint density at radius 3 is 2.80 bits per heavy atom. The van der Waals surface area contributed by atoms with Gasteiger partial charge in [0.15, 0.2) is 11.5 Å². The van der Waals surface area contributed by atoms with Crippen LogP contribution in [0.3, 0.4) is 0 Å². The predicted molar refractivity (Wildman–Crippen MR) is 89.4 cm³/mol. The predicted octanol–water partition coefficient (Wildman–Crippen LogP) is 2.68. The summed E-state index contributed by atoms with van der Waals surface area (Å²) in [5.41, 5.74) is 1.08. The Hall–Kier alpha value is -2.77. The maximum atomic E-state index is 12.5. The van der Waals surface area contributed by atoms with Crippen LogP contribution in [-0.2, 0) is 11.2 Å². The second kappa shape index (κ2) is 6.62. The second-order valence-electron chi connectivity index (χ2n) is 6.89. The second-order valence-corrected chi connectivity index (χ2v) is 6.89. The molecule has 0 fully saturated rings. The van der Waals surface area contributed by atoms with Crippen LogP contribution in [0, 0.1) is 0 Å². The third kappa shape index (κ3) is 4.01. The van der Waals surface area contributed by atoms with Crippen LogP contribution in [0.15, 0.2) is 24.4 Å². The van der Waals surface area contributed by atoms with E-state index in [1.54, 1.807) is 13.2 Å². The summed E-state index contributed by atoms with van der Waals surface area (Å²) in [6.07, 6.45) is 1.73. The number of fused-ring (bicyclic) bond motifs is 1. The van der Waals surface area contributed by atoms with Gasteiger partial charge in [-0.25, -0.2) is 4.79 Å². The van der Waals surface area contributed by atoms with Crippen molar-refractivity contribution in [3.05, 3.63) is 35.7 Å². The molecular weight excluding hydrogens is 324 g/mol. The number of H-pyrrole nitrogens is 1. The van der Waals surface area contributed by atoms with Crippen LogP contribution in [0.1, 0.15) is 38.1 Å². The quantitative estimate of drug-likeness (QED) is 0.915. The summed E-state index contributed by atoms with van der Waals surface area (Å²) in [4.78, 5) is 14.0. The van der Waals surface area contributed by atoms with E-state index in [1.165, 1.54) is 4.90 Å². The number of benzene rings is 1. The Bertz CT molecular complexity index is 740. The molecule has 0 saturated heterocycles. The molecule has 1 aromatic heterocycles. The zero-order valence-corrected chi connectivity index (χ0v) is 14.8. The SMILES string of the molecule is CN(C(=O)OC(C)(C)C)C(Cc1ccc2c(c1)OCO2)c1cn[nH]n1. The van der Waals surface area contributed by atoms with Crippen molar-refractivity contribution in [2.75, 3.05) is 13.8 Å². The molecule has 0 bridgehead atoms. The molecule has 8 heteroatoms. The molecule has 0 aliphatic carbocycles. The van der Waals surface area contributed by atoms with E-state index in [-0.39, 0.29) is 12.8 Å². The number of hydrogen-bond donors (Lipinski definition) is 1. The summed E-state index contributed by atoms with van der Waals surface area (Å²) in [6, 6.07) is 5.40. The van der Waals surface area contributed by atoms with Crippen LogP contribution in [0.2, 0.25) is 0 Å². The van der Waals surface area contributed by atoms with Gasteiger partial charge in [0.1, 0.15) is 11.3 Å². The number of amides is 1. The molecule has 0 spiro atoms. The van der Waals surface area contributed by atoms with E-state index < -0.39 is 11.7 Å². The number of carbonyl (C=O) groups excluding carboxylic acids is 1. The number of rotatable bonds is 4. The van der Waals surface area contributed by atoms with E-state index >= 15 is 0 Å². The number of aromatic nitrogens is 3. The number of likely N-dealkylation sites (N-methyl/N-ethyl adjacent to an activating group) is 1. The summed E-state index contributed by atoms with van der Waals surface area (Å²) < 4.78 is 16.2. The average molecular weight is 346 g/mol. The standard InChI is InChI=1S/C17H22N4O4/c1-17(2,3)25-16(22)21(4)13(12-9-18-20-19-12)7-11-5-6-14-15(8-11)24-10-23-14/h5-6,8-9,13H,7,10H2,1-4H3,(H,18,19,20). The van der Waals surface area contributed by atoms with Gasteiger partial charge in [-0.15, -0.1) is 0 Å². The zero-order valence-electron chi connectivity index (χ0n) is 14.8. The molecule has 1 aliphatic rings. The topological polar surface area (TPSA) is 89.6 Å². The molecule has 1 aromatic carbocycles. The first kappa shape index (κ1) is 17.1. The molecular formula is C17H22N4O4. The number of ether oxygens (including phenoxy) is 3. The van der Waals surface area contributed by atoms with Crippen molar-refractivity contribution in [2.24, 2.45) is 0 Å². The molecule has 1 aliphatic heterocycles. The van der Waals surface area contributed by atoms with Gasteiger partial charge in [-0.3, -0.25) is 0 Å². The third-order valence-electron chi connectivity index (χ3n) is 3.79. The van der Waals surface area contributed by atoms with Gasteiger partial charge >= 0.3 is 6.09 Å². The van der Waals surface area contributed by atoms with Crippen molar-refractivity contribution >= 4 is 6.09 Å². The number of nitrogens with zero attached hydrogens (tertiary/aromatic N) is 3. The molecule has 3 rings (SSSR count). The average Bonchev–Trinajstić information content (AvgIpc) is 3.21. The minimum Gasteiger partial charge on any atom is -0.454 e. The van der Waals surface area contributed by atoms with Crippen molar-refractivity contribution < 1.29 is 19.0 Å². The summed E-state index contributed by atoms with van der Waals surface area (Å²) in [5, 5.41) is 10.6. The number of hydrogen-bond acceptors (Lipinski definition) is 6. The molecule has 1 amide bonds. The molecule has 25 heavy (non-hydrogen) atoms. The first-order valence-electron chi connectivity index (χ1n) is 8.03. The minimum atomic E-state index is -0.571. The first-order valence-corrected chi connectivity index (χ1v) is 8.03. The molecule has 2 heterocycles. The molecule has 1 unspecified atom stereocenters. The largest absolute Gasteiger partial charge is 0.454 e. The van der Waals surface area contributed by atoms with Crippen LogP contribution < -0.4 is 9.47 Å². The van der Waals surface area contributed by atoms with Crippen LogP contribution in [0.25, 0.3) is 0 Å². The number of aromatic amines is 1. The summed E-state index contributed by atoms with van der Waals surface area (Å²) in [6.45, 7) is 5.73. The summed E-state index contributed by atoms with van der Waals surface area (Å²) >= 11 is 0. The normalized spacial score (nSPS) is 14.2. The van der Waals surface area contributed by atoms with E-state index in [0.29, 0.717) is 17.9 Å². The molecule has 8 nitrogen and oxygen atoms in total. The van der Waals surface area contributed by atoms with E-state index in [4.69, 9.17) is 14.2 Å². The highest BCUT2D eigenvalue weighted by atomic mass is 16.7. The maximum Gasteiger partial charge on any atom is 0.410 e. The van der Waals surface area contributed by atoms with Crippen LogP contribution in [-0.4, -0.2) is 45.8 Å². The highest BCUT2D eigenvalue weighted by Crippen LogP contribution is 2.34. The Balaban J connectivity index is 1.82. The van der Waals surface area contributed by atoms with Gasteiger partial charge in [0.25, 0.3) is 0 Å². The zero-order chi connectivity index (χ0) is 18.0. The van der Waals surface area contributed by atoms with Gasteiger partial charge in [-0.05, 0) is 44.9 Å². The lowest BCUT2D eigenvalue weighted by atomic mass is 10.0. The van der Waals surface area contributed by atoms with E-state index in [0.717, 1.165) is 11.3 Å². The van der Waals surface area contributed by atoms with Crippen molar-refractivity contribution in [3.8, 4) is 11.5 Å². The van der Waals surface area contributed by atoms with Gasteiger partial charge in [-0.2, -0.15) is 15.4 Å². The Morgan fingerprint density at radius 1 is 1.36 bits per heavy atom. The molecule has 1 atom stereocenters. The number of carbonyl (C=O) groups is 1. The highest BCUT2D eigenvalue weighted by molar-refractivity contribution is 5.68. The summed E-state index contributed by atoms with van der Waals surface area (Å²) in [5.74, 6) is 1.43. The van der Waals surface area contributed by atoms with Gasteiger partial charge in [0.2, 0.25) is 6.79 Å². The Kier molecular flexibility index (Phi) is 4.52. The lowest BCUT2D eigenvalue weighted by molar-refractivity contribution is 0.0215. The van der Waals surface area contributed by atoms with E-state index in [1.807, 2.05) is 39.0 Å². The summed E-state index contributed by atoms with van der Waals surface area (Å²) in [7, 11) is 1.69. The lowest BCUT2D eigenvalue weighted by Crippen LogP contribution is -2.37. The van der Waals surface area contributed by atoms with Crippen LogP contribution in [0.5, 0.6) is 11.5 Å². The maximum absolute atomic E-state index is 12.5. The van der Waals surface area contributed by atoms with E-state index in [9.17, 15) is 4.79 Å². The fourth-order valence-electron chi connectivity index (χ4n) is 2.56. The minimum absolute atomic E-state index is 0.226. The van der Waals surface area contributed by atoms with Crippen molar-refractivity contribution in [1.82, 2.24) is 20.3 Å². The van der Waals surface area contributed by atoms with Crippen molar-refractivity contribution in [1.29, 1.82) is 0 Å². The number of nitrogens with one attached hydrogen (secondary N) is 1. The van der Waals surface area contributed by atoms with Gasteiger partial charge < -0.3 is 19.1 Å². The third-order valence-corrected chi connectivity index (χ3v) is 3.79. The Morgan fingerprint density at radius 2 is 2.12 bits per heavy atom. The molecule has 0 saturated carbocycles. The van der Waals surface area contributed by atoms with Gasteiger partial charge in [-0.1, -0.05) is 6.07 Å². The molecule has 2 aromatic rings. The van der Waals surface area contributed by atoms with Crippen LogP contribution in [0.4, 0.5) is 4.79 Å². The van der Waals surface area contributed by atoms with Gasteiger partial charge in [0.05, 0.1) is 12.2 Å². The monoisotopic (exact) mass is 346 g/mol. The smallest absolute Gasteiger partial charge is 0.410 e. The van der Waals surface area contributed by atoms with Crippen molar-refractivity contribution in [3.63, 3.8) is 0 Å². The first-order chi connectivity index (χ1) is 11.8. The lowest BCUT2D eigenvalue weighted by Gasteiger charge is -2.29. The van der Waals surface area contributed by atoms with Crippen molar-refractivity contribution in [2.45, 2.75) is 38.8 Å². The highest BCUT2D eigenvalue weighted by Gasteiger charge is 2.28. The molecule has 134 valence electrons. The van der Waals surface area contributed by atoms with E-state index in [2.05, 4.69) is 15.4 Å². The van der Waals surface area contributed by atoms with Gasteiger partial charge in [0, 0.05) is 7.05 Å². The fourth-order valence-corrected chi connectivity index (χ4v) is 2.56. The Labute approximate surface area is 146 Å². The van der Waals surface area contributed by atoms with Crippen LogP contribution >= 0.6 is 0 Å².